The van der Waals surface area contributed by atoms with Crippen molar-refractivity contribution in [3.05, 3.63) is 65.2 Å². The van der Waals surface area contributed by atoms with E-state index in [0.717, 1.165) is 43.9 Å². The molecule has 116 valence electrons. The molecule has 2 aromatic rings. The number of benzene rings is 1. The summed E-state index contributed by atoms with van der Waals surface area (Å²) < 4.78 is 18.7. The quantitative estimate of drug-likeness (QED) is 0.940. The molecule has 0 bridgehead atoms. The van der Waals surface area contributed by atoms with E-state index in [1.807, 2.05) is 31.3 Å². The van der Waals surface area contributed by atoms with Crippen molar-refractivity contribution in [3.63, 3.8) is 0 Å². The van der Waals surface area contributed by atoms with Crippen molar-refractivity contribution in [2.75, 3.05) is 13.2 Å². The molecule has 3 rings (SSSR count). The van der Waals surface area contributed by atoms with Gasteiger partial charge in [-0.05, 0) is 49.1 Å². The molecule has 0 saturated carbocycles. The lowest BCUT2D eigenvalue weighted by Gasteiger charge is -2.39. The lowest BCUT2D eigenvalue weighted by molar-refractivity contribution is 0.0357. The molecule has 1 N–H and O–H groups in total. The van der Waals surface area contributed by atoms with Gasteiger partial charge in [-0.1, -0.05) is 18.2 Å². The normalized spacial score (nSPS) is 17.4. The summed E-state index contributed by atoms with van der Waals surface area (Å²) in [5.41, 5.74) is 3.19. The highest BCUT2D eigenvalue weighted by molar-refractivity contribution is 5.27. The van der Waals surface area contributed by atoms with Gasteiger partial charge in [0, 0.05) is 37.2 Å². The van der Waals surface area contributed by atoms with Crippen molar-refractivity contribution in [2.24, 2.45) is 0 Å². The molecular weight excluding hydrogens is 279 g/mol. The Morgan fingerprint density at radius 1 is 1.18 bits per heavy atom. The van der Waals surface area contributed by atoms with Gasteiger partial charge in [0.1, 0.15) is 5.82 Å². The molecule has 1 aliphatic heterocycles. The molecule has 3 nitrogen and oxygen atoms in total. The standard InChI is InChI=1S/C18H21FN2O/c1-14-15(3-2-10-20-14)13-21-18(8-11-22-12-9-18)16-4-6-17(19)7-5-16/h2-7,10,21H,8-9,11-13H2,1H3. The Balaban J connectivity index is 1.83. The van der Waals surface area contributed by atoms with Crippen molar-refractivity contribution in [2.45, 2.75) is 31.8 Å². The lowest BCUT2D eigenvalue weighted by atomic mass is 9.82. The van der Waals surface area contributed by atoms with E-state index in [1.54, 1.807) is 0 Å². The molecule has 22 heavy (non-hydrogen) atoms. The first-order chi connectivity index (χ1) is 10.7. The summed E-state index contributed by atoms with van der Waals surface area (Å²) in [6.07, 6.45) is 3.58. The molecule has 2 heterocycles. The van der Waals surface area contributed by atoms with Gasteiger partial charge < -0.3 is 10.1 Å². The number of ether oxygens (including phenoxy) is 1. The average molecular weight is 300 g/mol. The first-order valence-electron chi connectivity index (χ1n) is 7.69. The molecule has 0 spiro atoms. The highest BCUT2D eigenvalue weighted by Gasteiger charge is 2.34. The largest absolute Gasteiger partial charge is 0.381 e. The van der Waals surface area contributed by atoms with Gasteiger partial charge in [-0.15, -0.1) is 0 Å². The summed E-state index contributed by atoms with van der Waals surface area (Å²) in [6, 6.07) is 10.9. The predicted molar refractivity (Wildman–Crippen MR) is 83.9 cm³/mol. The Bertz CT molecular complexity index is 621. The number of aryl methyl sites for hydroxylation is 1. The van der Waals surface area contributed by atoms with Crippen LogP contribution in [0.2, 0.25) is 0 Å². The van der Waals surface area contributed by atoms with Gasteiger partial charge in [-0.3, -0.25) is 4.98 Å². The third-order valence-corrected chi connectivity index (χ3v) is 4.48. The zero-order valence-electron chi connectivity index (χ0n) is 12.8. The van der Waals surface area contributed by atoms with Crippen LogP contribution in [0.5, 0.6) is 0 Å². The summed E-state index contributed by atoms with van der Waals surface area (Å²) in [4.78, 5) is 4.34. The average Bonchev–Trinajstić information content (AvgIpc) is 2.56. The monoisotopic (exact) mass is 300 g/mol. The van der Waals surface area contributed by atoms with Gasteiger partial charge in [-0.2, -0.15) is 0 Å². The van der Waals surface area contributed by atoms with Gasteiger partial charge >= 0.3 is 0 Å². The van der Waals surface area contributed by atoms with Crippen LogP contribution >= 0.6 is 0 Å². The summed E-state index contributed by atoms with van der Waals surface area (Å²) >= 11 is 0. The Morgan fingerprint density at radius 2 is 1.91 bits per heavy atom. The molecule has 0 radical (unpaired) electrons. The smallest absolute Gasteiger partial charge is 0.123 e. The van der Waals surface area contributed by atoms with Crippen molar-refractivity contribution >= 4 is 0 Å². The van der Waals surface area contributed by atoms with Crippen LogP contribution in [-0.2, 0) is 16.8 Å². The maximum Gasteiger partial charge on any atom is 0.123 e. The van der Waals surface area contributed by atoms with E-state index in [0.29, 0.717) is 0 Å². The SMILES string of the molecule is Cc1ncccc1CNC1(c2ccc(F)cc2)CCOCC1. The van der Waals surface area contributed by atoms with E-state index in [4.69, 9.17) is 4.74 Å². The fourth-order valence-corrected chi connectivity index (χ4v) is 3.03. The van der Waals surface area contributed by atoms with Crippen LogP contribution in [0.25, 0.3) is 0 Å². The van der Waals surface area contributed by atoms with Crippen molar-refractivity contribution in [1.29, 1.82) is 0 Å². The molecule has 1 aromatic carbocycles. The van der Waals surface area contributed by atoms with Crippen LogP contribution in [0, 0.1) is 12.7 Å². The van der Waals surface area contributed by atoms with Crippen molar-refractivity contribution in [1.82, 2.24) is 10.3 Å². The third kappa shape index (κ3) is 3.18. The highest BCUT2D eigenvalue weighted by atomic mass is 19.1. The number of rotatable bonds is 4. The zero-order chi connectivity index (χ0) is 15.4. The highest BCUT2D eigenvalue weighted by Crippen LogP contribution is 2.32. The van der Waals surface area contributed by atoms with E-state index < -0.39 is 0 Å². The van der Waals surface area contributed by atoms with E-state index in [2.05, 4.69) is 16.4 Å². The topological polar surface area (TPSA) is 34.2 Å². The second kappa shape index (κ2) is 6.55. The van der Waals surface area contributed by atoms with Crippen LogP contribution in [-0.4, -0.2) is 18.2 Å². The Morgan fingerprint density at radius 3 is 2.59 bits per heavy atom. The Kier molecular flexibility index (Phi) is 4.50. The van der Waals surface area contributed by atoms with Gasteiger partial charge in [0.15, 0.2) is 0 Å². The molecule has 0 aliphatic carbocycles. The van der Waals surface area contributed by atoms with Crippen LogP contribution < -0.4 is 5.32 Å². The number of aromatic nitrogens is 1. The Hall–Kier alpha value is -1.78. The third-order valence-electron chi connectivity index (χ3n) is 4.48. The number of hydrogen-bond donors (Lipinski definition) is 1. The fraction of sp³-hybridized carbons (Fsp3) is 0.389. The molecule has 0 atom stereocenters. The van der Waals surface area contributed by atoms with Crippen LogP contribution in [0.3, 0.4) is 0 Å². The molecule has 4 heteroatoms. The summed E-state index contributed by atoms with van der Waals surface area (Å²) in [6.45, 7) is 4.20. The molecule has 1 aliphatic rings. The summed E-state index contributed by atoms with van der Waals surface area (Å²) in [7, 11) is 0. The van der Waals surface area contributed by atoms with Crippen LogP contribution in [0.1, 0.15) is 29.7 Å². The summed E-state index contributed by atoms with van der Waals surface area (Å²) in [5.74, 6) is -0.200. The molecule has 1 fully saturated rings. The number of pyridine rings is 1. The van der Waals surface area contributed by atoms with Gasteiger partial charge in [0.05, 0.1) is 0 Å². The van der Waals surface area contributed by atoms with E-state index in [9.17, 15) is 4.39 Å². The fourth-order valence-electron chi connectivity index (χ4n) is 3.03. The number of halogens is 1. The van der Waals surface area contributed by atoms with Gasteiger partial charge in [0.2, 0.25) is 0 Å². The number of hydrogen-bond acceptors (Lipinski definition) is 3. The number of nitrogens with zero attached hydrogens (tertiary/aromatic N) is 1. The van der Waals surface area contributed by atoms with E-state index >= 15 is 0 Å². The maximum atomic E-state index is 13.2. The maximum absolute atomic E-state index is 13.2. The summed E-state index contributed by atoms with van der Waals surface area (Å²) in [5, 5.41) is 3.69. The van der Waals surface area contributed by atoms with Crippen LogP contribution in [0.4, 0.5) is 4.39 Å². The minimum absolute atomic E-state index is 0.159. The molecule has 1 saturated heterocycles. The second-order valence-corrected chi connectivity index (χ2v) is 5.80. The van der Waals surface area contributed by atoms with Gasteiger partial charge in [0.25, 0.3) is 0 Å². The van der Waals surface area contributed by atoms with Gasteiger partial charge in [-0.25, -0.2) is 4.39 Å². The minimum atomic E-state index is -0.200. The number of nitrogens with one attached hydrogen (secondary N) is 1. The van der Waals surface area contributed by atoms with E-state index in [1.165, 1.54) is 17.7 Å². The Labute approximate surface area is 130 Å². The lowest BCUT2D eigenvalue weighted by Crippen LogP contribution is -2.46. The first kappa shape index (κ1) is 15.1. The second-order valence-electron chi connectivity index (χ2n) is 5.80. The minimum Gasteiger partial charge on any atom is -0.381 e. The molecule has 0 amide bonds. The zero-order valence-corrected chi connectivity index (χ0v) is 12.8. The first-order valence-corrected chi connectivity index (χ1v) is 7.69. The predicted octanol–water partition coefficient (Wildman–Crippen LogP) is 3.32. The molecule has 1 aromatic heterocycles. The molecule has 0 unspecified atom stereocenters. The van der Waals surface area contributed by atoms with E-state index in [-0.39, 0.29) is 11.4 Å². The molecular formula is C18H21FN2O. The van der Waals surface area contributed by atoms with Crippen molar-refractivity contribution in [3.8, 4) is 0 Å². The van der Waals surface area contributed by atoms with Crippen LogP contribution in [0.15, 0.2) is 42.6 Å². The van der Waals surface area contributed by atoms with Crippen molar-refractivity contribution < 1.29 is 9.13 Å².